The number of nitrogens with one attached hydrogen (secondary N) is 1. The Balaban J connectivity index is 2.48. The molecule has 0 aliphatic rings. The molecule has 0 saturated heterocycles. The first-order valence-corrected chi connectivity index (χ1v) is 5.99. The molecule has 0 atom stereocenters. The Morgan fingerprint density at radius 1 is 1.47 bits per heavy atom. The average Bonchev–Trinajstić information content (AvgIpc) is 2.69. The van der Waals surface area contributed by atoms with Crippen LogP contribution in [-0.2, 0) is 0 Å². The smallest absolute Gasteiger partial charge is 0.180 e. The highest BCUT2D eigenvalue weighted by molar-refractivity contribution is 7.99. The van der Waals surface area contributed by atoms with Gasteiger partial charge in [-0.3, -0.25) is 0 Å². The van der Waals surface area contributed by atoms with Crippen LogP contribution in [-0.4, -0.2) is 25.6 Å². The third-order valence-corrected chi connectivity index (χ3v) is 3.01. The second-order valence-electron chi connectivity index (χ2n) is 3.65. The van der Waals surface area contributed by atoms with Crippen LogP contribution in [0.5, 0.6) is 0 Å². The quantitative estimate of drug-likeness (QED) is 0.782. The molecule has 2 aromatic rings. The molecule has 15 heavy (non-hydrogen) atoms. The zero-order chi connectivity index (χ0) is 11.0. The highest BCUT2D eigenvalue weighted by atomic mass is 32.2. The molecule has 0 spiro atoms. The van der Waals surface area contributed by atoms with E-state index in [1.807, 2.05) is 0 Å². The fourth-order valence-electron chi connectivity index (χ4n) is 1.34. The average molecular weight is 225 g/mol. The molecule has 0 aliphatic carbocycles. The molecule has 5 nitrogen and oxygen atoms in total. The van der Waals surface area contributed by atoms with Crippen LogP contribution < -0.4 is 5.73 Å². The summed E-state index contributed by atoms with van der Waals surface area (Å²) in [5.74, 6) is 2.23. The van der Waals surface area contributed by atoms with Gasteiger partial charge in [0.1, 0.15) is 16.5 Å². The van der Waals surface area contributed by atoms with Gasteiger partial charge in [0.05, 0.1) is 0 Å². The van der Waals surface area contributed by atoms with E-state index in [4.69, 9.17) is 5.73 Å². The second kappa shape index (κ2) is 3.77. The van der Waals surface area contributed by atoms with Gasteiger partial charge in [-0.15, -0.1) is 26.6 Å². The van der Waals surface area contributed by atoms with Crippen LogP contribution in [0.1, 0.15) is 32.5 Å². The summed E-state index contributed by atoms with van der Waals surface area (Å²) < 4.78 is 1.59. The van der Waals surface area contributed by atoms with Gasteiger partial charge >= 0.3 is 0 Å². The first-order valence-electron chi connectivity index (χ1n) is 5.00. The van der Waals surface area contributed by atoms with Crippen molar-refractivity contribution in [1.29, 1.82) is 0 Å². The number of nitrogen functional groups attached to an aromatic ring is 1. The Labute approximate surface area is 92.4 Å². The van der Waals surface area contributed by atoms with E-state index in [0.717, 1.165) is 22.3 Å². The van der Waals surface area contributed by atoms with Crippen LogP contribution >= 0.6 is 11.8 Å². The maximum Gasteiger partial charge on any atom is 0.180 e. The SMILES string of the molecule is CCSc1nn2nc(C(C)C)[nH]c2c1N. The lowest BCUT2D eigenvalue weighted by atomic mass is 10.2. The zero-order valence-corrected chi connectivity index (χ0v) is 9.93. The number of hydrogen-bond acceptors (Lipinski definition) is 4. The van der Waals surface area contributed by atoms with Crippen LogP contribution in [0.4, 0.5) is 5.69 Å². The van der Waals surface area contributed by atoms with Crippen molar-refractivity contribution in [3.63, 3.8) is 0 Å². The summed E-state index contributed by atoms with van der Waals surface area (Å²) >= 11 is 1.63. The maximum atomic E-state index is 5.96. The van der Waals surface area contributed by atoms with Crippen molar-refractivity contribution in [3.05, 3.63) is 5.82 Å². The molecule has 0 unspecified atom stereocenters. The van der Waals surface area contributed by atoms with Gasteiger partial charge < -0.3 is 10.7 Å². The van der Waals surface area contributed by atoms with E-state index in [1.54, 1.807) is 16.4 Å². The normalized spacial score (nSPS) is 11.7. The van der Waals surface area contributed by atoms with Gasteiger partial charge in [0.25, 0.3) is 0 Å². The fourth-order valence-corrected chi connectivity index (χ4v) is 2.00. The first-order chi connectivity index (χ1) is 7.13. The van der Waals surface area contributed by atoms with E-state index in [1.165, 1.54) is 0 Å². The largest absolute Gasteiger partial charge is 0.393 e. The Hall–Kier alpha value is -1.17. The van der Waals surface area contributed by atoms with E-state index in [0.29, 0.717) is 11.6 Å². The van der Waals surface area contributed by atoms with Gasteiger partial charge in [0.2, 0.25) is 0 Å². The first kappa shape index (κ1) is 10.4. The molecular formula is C9H15N5S. The minimum Gasteiger partial charge on any atom is -0.393 e. The molecule has 0 amide bonds. The van der Waals surface area contributed by atoms with E-state index in [9.17, 15) is 0 Å². The van der Waals surface area contributed by atoms with Crippen LogP contribution in [0.3, 0.4) is 0 Å². The van der Waals surface area contributed by atoms with Crippen molar-refractivity contribution < 1.29 is 0 Å². The fraction of sp³-hybridized carbons (Fsp3) is 0.556. The van der Waals surface area contributed by atoms with Gasteiger partial charge in [0, 0.05) is 5.92 Å². The second-order valence-corrected chi connectivity index (χ2v) is 4.91. The molecule has 0 fully saturated rings. The number of hydrogen-bond donors (Lipinski definition) is 2. The van der Waals surface area contributed by atoms with Crippen molar-refractivity contribution in [2.75, 3.05) is 11.5 Å². The molecule has 6 heteroatoms. The molecule has 0 bridgehead atoms. The van der Waals surface area contributed by atoms with Crippen molar-refractivity contribution >= 4 is 23.1 Å². The molecule has 2 rings (SSSR count). The molecule has 0 aliphatic heterocycles. The molecule has 0 radical (unpaired) electrons. The van der Waals surface area contributed by atoms with Gasteiger partial charge in [-0.1, -0.05) is 20.8 Å². The molecule has 0 aromatic carbocycles. The van der Waals surface area contributed by atoms with E-state index in [-0.39, 0.29) is 0 Å². The van der Waals surface area contributed by atoms with E-state index in [2.05, 4.69) is 36.0 Å². The third kappa shape index (κ3) is 1.69. The van der Waals surface area contributed by atoms with E-state index >= 15 is 0 Å². The summed E-state index contributed by atoms with van der Waals surface area (Å²) in [5, 5.41) is 9.50. The lowest BCUT2D eigenvalue weighted by Crippen LogP contribution is -1.94. The Bertz CT molecular complexity index is 470. The van der Waals surface area contributed by atoms with Gasteiger partial charge in [0.15, 0.2) is 5.65 Å². The van der Waals surface area contributed by atoms with Crippen LogP contribution in [0.2, 0.25) is 0 Å². The summed E-state index contributed by atoms with van der Waals surface area (Å²) in [4.78, 5) is 3.19. The Morgan fingerprint density at radius 2 is 2.20 bits per heavy atom. The van der Waals surface area contributed by atoms with Gasteiger partial charge in [-0.25, -0.2) is 0 Å². The topological polar surface area (TPSA) is 72.0 Å². The standard InChI is InChI=1S/C9H15N5S/c1-4-15-9-6(10)8-11-7(5(2)3)12-14(8)13-9/h5H,4,10H2,1-3H3,(H,11,12). The zero-order valence-electron chi connectivity index (χ0n) is 9.11. The van der Waals surface area contributed by atoms with Gasteiger partial charge in [-0.2, -0.15) is 0 Å². The van der Waals surface area contributed by atoms with E-state index < -0.39 is 0 Å². The third-order valence-electron chi connectivity index (χ3n) is 2.15. The van der Waals surface area contributed by atoms with Gasteiger partial charge in [-0.05, 0) is 5.75 Å². The number of thioether (sulfide) groups is 1. The van der Waals surface area contributed by atoms with Crippen LogP contribution in [0.25, 0.3) is 5.65 Å². The number of rotatable bonds is 3. The minimum absolute atomic E-state index is 0.355. The molecule has 2 aromatic heterocycles. The summed E-state index contributed by atoms with van der Waals surface area (Å²) in [6, 6.07) is 0. The summed E-state index contributed by atoms with van der Waals surface area (Å²) in [6.07, 6.45) is 0. The summed E-state index contributed by atoms with van der Waals surface area (Å²) in [5.41, 5.74) is 7.46. The van der Waals surface area contributed by atoms with Crippen LogP contribution in [0, 0.1) is 0 Å². The Morgan fingerprint density at radius 3 is 2.73 bits per heavy atom. The minimum atomic E-state index is 0.355. The maximum absolute atomic E-state index is 5.96. The lowest BCUT2D eigenvalue weighted by molar-refractivity contribution is 0.716. The number of H-pyrrole nitrogens is 1. The highest BCUT2D eigenvalue weighted by Gasteiger charge is 2.14. The molecule has 82 valence electrons. The van der Waals surface area contributed by atoms with Crippen molar-refractivity contribution in [3.8, 4) is 0 Å². The van der Waals surface area contributed by atoms with Crippen LogP contribution in [0.15, 0.2) is 5.03 Å². The number of fused-ring (bicyclic) bond motifs is 1. The van der Waals surface area contributed by atoms with Crippen molar-refractivity contribution in [2.24, 2.45) is 0 Å². The molecular weight excluding hydrogens is 210 g/mol. The predicted molar refractivity (Wildman–Crippen MR) is 62.2 cm³/mol. The molecule has 3 N–H and O–H groups in total. The Kier molecular flexibility index (Phi) is 2.60. The number of aromatic amines is 1. The molecule has 2 heterocycles. The number of nitrogens with two attached hydrogens (primary N) is 1. The number of nitrogens with zero attached hydrogens (tertiary/aromatic N) is 3. The highest BCUT2D eigenvalue weighted by Crippen LogP contribution is 2.26. The summed E-state index contributed by atoms with van der Waals surface area (Å²) in [6.45, 7) is 6.23. The number of aromatic nitrogens is 4. The van der Waals surface area contributed by atoms with Crippen molar-refractivity contribution in [2.45, 2.75) is 31.7 Å². The lowest BCUT2D eigenvalue weighted by Gasteiger charge is -1.96. The predicted octanol–water partition coefficient (Wildman–Crippen LogP) is 1.87. The van der Waals surface area contributed by atoms with Crippen molar-refractivity contribution in [1.82, 2.24) is 19.8 Å². The number of anilines is 1. The molecule has 0 saturated carbocycles. The monoisotopic (exact) mass is 225 g/mol. The summed E-state index contributed by atoms with van der Waals surface area (Å²) in [7, 11) is 0.